The predicted octanol–water partition coefficient (Wildman–Crippen LogP) is 3.02. The van der Waals surface area contributed by atoms with Gasteiger partial charge >= 0.3 is 5.97 Å². The van der Waals surface area contributed by atoms with Crippen molar-refractivity contribution in [2.75, 3.05) is 25.5 Å². The third-order valence-electron chi connectivity index (χ3n) is 4.38. The topological polar surface area (TPSA) is 57.4 Å². The number of hydrogen-bond acceptors (Lipinski definition) is 4. The highest BCUT2D eigenvalue weighted by Gasteiger charge is 2.20. The lowest BCUT2D eigenvalue weighted by atomic mass is 10.0. The van der Waals surface area contributed by atoms with Crippen LogP contribution in [0.2, 0.25) is 0 Å². The molecule has 1 fully saturated rings. The molecule has 1 aliphatic heterocycles. The Morgan fingerprint density at radius 2 is 2.12 bits per heavy atom. The minimum atomic E-state index is -0.353. The van der Waals surface area contributed by atoms with Crippen LogP contribution in [0.1, 0.15) is 28.9 Å². The number of nitrogens with one attached hydrogen (secondary N) is 2. The number of carbonyl (C=O) groups is 1. The number of halogens is 1. The number of methoxy groups -OCH3 is 1. The maximum Gasteiger partial charge on any atom is 0.354 e. The first kappa shape index (κ1) is 16.5. The lowest BCUT2D eigenvalue weighted by Crippen LogP contribution is -2.38. The summed E-state index contributed by atoms with van der Waals surface area (Å²) in [6.45, 7) is 2.66. The van der Waals surface area contributed by atoms with Crippen LogP contribution >= 0.6 is 0 Å². The van der Waals surface area contributed by atoms with Gasteiger partial charge in [-0.05, 0) is 36.6 Å². The van der Waals surface area contributed by atoms with Gasteiger partial charge in [-0.2, -0.15) is 0 Å². The first-order chi connectivity index (χ1) is 11.7. The summed E-state index contributed by atoms with van der Waals surface area (Å²) in [5.74, 6) is -0.559. The van der Waals surface area contributed by atoms with E-state index in [9.17, 15) is 9.18 Å². The van der Waals surface area contributed by atoms with Crippen molar-refractivity contribution in [1.29, 1.82) is 0 Å². The molecule has 0 atom stereocenters. The van der Waals surface area contributed by atoms with Crippen LogP contribution in [0, 0.1) is 5.82 Å². The number of para-hydroxylation sites is 1. The molecule has 1 aromatic heterocycles. The van der Waals surface area contributed by atoms with E-state index in [0.29, 0.717) is 11.4 Å². The number of ether oxygens (including phenoxy) is 1. The largest absolute Gasteiger partial charge is 0.464 e. The number of carbonyl (C=O) groups excluding carboxylic acids is 1. The molecule has 0 radical (unpaired) electrons. The molecule has 1 aromatic carbocycles. The number of H-pyrrole nitrogens is 1. The molecule has 3 rings (SSSR count). The zero-order valence-corrected chi connectivity index (χ0v) is 13.7. The van der Waals surface area contributed by atoms with Gasteiger partial charge in [0.1, 0.15) is 11.5 Å². The van der Waals surface area contributed by atoms with Crippen LogP contribution in [-0.4, -0.2) is 42.1 Å². The Bertz CT molecular complexity index is 693. The Morgan fingerprint density at radius 1 is 1.38 bits per heavy atom. The van der Waals surface area contributed by atoms with Crippen molar-refractivity contribution in [2.24, 2.45) is 0 Å². The first-order valence-corrected chi connectivity index (χ1v) is 8.14. The van der Waals surface area contributed by atoms with Crippen molar-refractivity contribution in [3.8, 4) is 0 Å². The van der Waals surface area contributed by atoms with Gasteiger partial charge in [0.05, 0.1) is 12.8 Å². The minimum absolute atomic E-state index is 0.206. The molecule has 1 saturated heterocycles. The van der Waals surface area contributed by atoms with Crippen molar-refractivity contribution in [3.05, 3.63) is 53.6 Å². The summed E-state index contributed by atoms with van der Waals surface area (Å²) in [4.78, 5) is 16.7. The molecule has 0 saturated carbocycles. The van der Waals surface area contributed by atoms with Gasteiger partial charge in [-0.25, -0.2) is 9.18 Å². The molecule has 0 amide bonds. The van der Waals surface area contributed by atoms with Crippen LogP contribution in [-0.2, 0) is 11.3 Å². The Labute approximate surface area is 140 Å². The highest BCUT2D eigenvalue weighted by molar-refractivity contribution is 5.87. The molecule has 6 heteroatoms. The fourth-order valence-corrected chi connectivity index (χ4v) is 3.05. The van der Waals surface area contributed by atoms with Crippen molar-refractivity contribution >= 4 is 11.7 Å². The van der Waals surface area contributed by atoms with Gasteiger partial charge in [-0.3, -0.25) is 4.90 Å². The van der Waals surface area contributed by atoms with E-state index in [0.717, 1.165) is 38.0 Å². The number of rotatable bonds is 5. The van der Waals surface area contributed by atoms with Gasteiger partial charge < -0.3 is 15.0 Å². The maximum atomic E-state index is 13.7. The second kappa shape index (κ2) is 7.49. The van der Waals surface area contributed by atoms with Gasteiger partial charge in [0, 0.05) is 31.9 Å². The second-order valence-electron chi connectivity index (χ2n) is 6.09. The van der Waals surface area contributed by atoms with Crippen LogP contribution in [0.5, 0.6) is 0 Å². The molecule has 0 unspecified atom stereocenters. The molecule has 24 heavy (non-hydrogen) atoms. The van der Waals surface area contributed by atoms with Gasteiger partial charge in [-0.1, -0.05) is 12.1 Å². The monoisotopic (exact) mass is 331 g/mol. The summed E-state index contributed by atoms with van der Waals surface area (Å²) in [6, 6.07) is 8.90. The fraction of sp³-hybridized carbons (Fsp3) is 0.389. The highest BCUT2D eigenvalue weighted by Crippen LogP contribution is 2.20. The number of aromatic nitrogens is 1. The first-order valence-electron chi connectivity index (χ1n) is 8.14. The third-order valence-corrected chi connectivity index (χ3v) is 4.38. The van der Waals surface area contributed by atoms with Crippen LogP contribution in [0.15, 0.2) is 36.5 Å². The smallest absolute Gasteiger partial charge is 0.354 e. The number of anilines is 1. The third kappa shape index (κ3) is 3.94. The zero-order chi connectivity index (χ0) is 16.9. The zero-order valence-electron chi connectivity index (χ0n) is 13.7. The molecule has 2 N–H and O–H groups in total. The Kier molecular flexibility index (Phi) is 5.15. The number of likely N-dealkylation sites (tertiary alicyclic amines) is 1. The quantitative estimate of drug-likeness (QED) is 0.827. The molecular formula is C18H22FN3O2. The number of hydrogen-bond donors (Lipinski definition) is 2. The second-order valence-corrected chi connectivity index (χ2v) is 6.09. The molecular weight excluding hydrogens is 309 g/mol. The number of piperidine rings is 1. The van der Waals surface area contributed by atoms with Crippen LogP contribution in [0.4, 0.5) is 10.1 Å². The molecule has 128 valence electrons. The number of nitrogens with zero attached hydrogens (tertiary/aromatic N) is 1. The maximum absolute atomic E-state index is 13.7. The van der Waals surface area contributed by atoms with Gasteiger partial charge in [0.25, 0.3) is 0 Å². The average Bonchev–Trinajstić information content (AvgIpc) is 3.06. The molecule has 5 nitrogen and oxygen atoms in total. The molecule has 0 spiro atoms. The summed E-state index contributed by atoms with van der Waals surface area (Å²) >= 11 is 0. The summed E-state index contributed by atoms with van der Waals surface area (Å²) in [5, 5.41) is 3.29. The van der Waals surface area contributed by atoms with E-state index in [1.807, 2.05) is 18.3 Å². The lowest BCUT2D eigenvalue weighted by Gasteiger charge is -2.32. The minimum Gasteiger partial charge on any atom is -0.464 e. The van der Waals surface area contributed by atoms with Gasteiger partial charge in [0.15, 0.2) is 0 Å². The van der Waals surface area contributed by atoms with E-state index in [1.54, 1.807) is 12.1 Å². The van der Waals surface area contributed by atoms with Crippen LogP contribution in [0.25, 0.3) is 0 Å². The average molecular weight is 331 g/mol. The highest BCUT2D eigenvalue weighted by atomic mass is 19.1. The Hall–Kier alpha value is -2.34. The summed E-state index contributed by atoms with van der Waals surface area (Å²) in [7, 11) is 1.37. The normalized spacial score (nSPS) is 16.1. The molecule has 2 aromatic rings. The summed E-state index contributed by atoms with van der Waals surface area (Å²) < 4.78 is 18.4. The van der Waals surface area contributed by atoms with Gasteiger partial charge in [-0.15, -0.1) is 0 Å². The van der Waals surface area contributed by atoms with E-state index >= 15 is 0 Å². The number of esters is 1. The van der Waals surface area contributed by atoms with E-state index in [1.165, 1.54) is 13.2 Å². The Morgan fingerprint density at radius 3 is 2.83 bits per heavy atom. The van der Waals surface area contributed by atoms with E-state index in [-0.39, 0.29) is 17.8 Å². The Balaban J connectivity index is 1.49. The van der Waals surface area contributed by atoms with Crippen molar-refractivity contribution in [3.63, 3.8) is 0 Å². The molecule has 0 bridgehead atoms. The van der Waals surface area contributed by atoms with E-state index in [4.69, 9.17) is 4.74 Å². The standard InChI is InChI=1S/C18H22FN3O2/c1-24-18(23)17-10-13(11-20-17)12-22-8-6-14(7-9-22)21-16-5-3-2-4-15(16)19/h2-5,10-11,14,20-21H,6-9,12H2,1H3. The molecule has 1 aliphatic rings. The number of aromatic amines is 1. The summed E-state index contributed by atoms with van der Waals surface area (Å²) in [5.41, 5.74) is 2.11. The molecule has 0 aliphatic carbocycles. The van der Waals surface area contributed by atoms with Crippen molar-refractivity contribution in [1.82, 2.24) is 9.88 Å². The van der Waals surface area contributed by atoms with Gasteiger partial charge in [0.2, 0.25) is 0 Å². The van der Waals surface area contributed by atoms with Crippen LogP contribution in [0.3, 0.4) is 0 Å². The fourth-order valence-electron chi connectivity index (χ4n) is 3.05. The van der Waals surface area contributed by atoms with E-state index < -0.39 is 0 Å². The van der Waals surface area contributed by atoms with Crippen LogP contribution < -0.4 is 5.32 Å². The van der Waals surface area contributed by atoms with Crippen molar-refractivity contribution < 1.29 is 13.9 Å². The lowest BCUT2D eigenvalue weighted by molar-refractivity contribution is 0.0594. The van der Waals surface area contributed by atoms with Crippen molar-refractivity contribution in [2.45, 2.75) is 25.4 Å². The van der Waals surface area contributed by atoms with E-state index in [2.05, 4.69) is 15.2 Å². The predicted molar refractivity (Wildman–Crippen MR) is 90.5 cm³/mol. The number of benzene rings is 1. The SMILES string of the molecule is COC(=O)c1cc(CN2CCC(Nc3ccccc3F)CC2)c[nH]1. The molecule has 2 heterocycles. The summed E-state index contributed by atoms with van der Waals surface area (Å²) in [6.07, 6.45) is 3.77.